The van der Waals surface area contributed by atoms with Crippen LogP contribution in [0, 0.1) is 0 Å². The third kappa shape index (κ3) is 3.32. The lowest BCUT2D eigenvalue weighted by Crippen LogP contribution is -2.54. The van der Waals surface area contributed by atoms with Crippen LogP contribution in [-0.2, 0) is 10.0 Å². The highest BCUT2D eigenvalue weighted by Gasteiger charge is 2.36. The van der Waals surface area contributed by atoms with E-state index in [4.69, 9.17) is 18.0 Å². The minimum absolute atomic E-state index is 0.0886. The molecule has 2 fully saturated rings. The summed E-state index contributed by atoms with van der Waals surface area (Å²) in [5.74, 6) is 0. The number of piperazine rings is 1. The Morgan fingerprint density at radius 3 is 2.25 bits per heavy atom. The molecule has 7 heteroatoms. The molecule has 2 N–H and O–H groups in total. The van der Waals surface area contributed by atoms with Crippen LogP contribution in [0.5, 0.6) is 0 Å². The van der Waals surface area contributed by atoms with Gasteiger partial charge < -0.3 is 5.73 Å². The maximum atomic E-state index is 12.5. The number of hydrogen-bond donors (Lipinski definition) is 1. The van der Waals surface area contributed by atoms with Gasteiger partial charge in [0.05, 0.1) is 4.99 Å². The Balaban J connectivity index is 1.97. The van der Waals surface area contributed by atoms with Crippen molar-refractivity contribution in [2.45, 2.75) is 50.3 Å². The molecule has 1 unspecified atom stereocenters. The van der Waals surface area contributed by atoms with Crippen molar-refractivity contribution in [1.82, 2.24) is 9.21 Å². The molecule has 1 aliphatic carbocycles. The van der Waals surface area contributed by atoms with E-state index < -0.39 is 15.3 Å². The van der Waals surface area contributed by atoms with Crippen molar-refractivity contribution in [3.05, 3.63) is 0 Å². The molecule has 0 amide bonds. The maximum absolute atomic E-state index is 12.5. The average Bonchev–Trinajstić information content (AvgIpc) is 2.92. The van der Waals surface area contributed by atoms with Gasteiger partial charge >= 0.3 is 0 Å². The van der Waals surface area contributed by atoms with E-state index in [1.807, 2.05) is 6.92 Å². The Kier molecular flexibility index (Phi) is 5.39. The Bertz CT molecular complexity index is 439. The molecule has 2 aliphatic rings. The number of thiocarbonyl (C=S) groups is 1. The second-order valence-electron chi connectivity index (χ2n) is 5.72. The molecule has 5 nitrogen and oxygen atoms in total. The first-order chi connectivity index (χ1) is 9.46. The molecule has 1 atom stereocenters. The first-order valence-corrected chi connectivity index (χ1v) is 9.40. The normalized spacial score (nSPS) is 24.9. The van der Waals surface area contributed by atoms with Gasteiger partial charge in [0.25, 0.3) is 0 Å². The molecule has 0 bridgehead atoms. The number of nitrogens with two attached hydrogens (primary N) is 1. The van der Waals surface area contributed by atoms with Crippen LogP contribution in [0.3, 0.4) is 0 Å². The van der Waals surface area contributed by atoms with E-state index in [2.05, 4.69) is 4.90 Å². The smallest absolute Gasteiger partial charge is 0.223 e. The minimum Gasteiger partial charge on any atom is -0.392 e. The van der Waals surface area contributed by atoms with Gasteiger partial charge in [-0.25, -0.2) is 8.42 Å². The van der Waals surface area contributed by atoms with Gasteiger partial charge in [-0.1, -0.05) is 32.0 Å². The van der Waals surface area contributed by atoms with Gasteiger partial charge in [0.15, 0.2) is 0 Å². The second-order valence-corrected chi connectivity index (χ2v) is 8.30. The topological polar surface area (TPSA) is 66.6 Å². The third-order valence-electron chi connectivity index (χ3n) is 4.52. The van der Waals surface area contributed by atoms with Crippen LogP contribution in [0.1, 0.15) is 39.0 Å². The zero-order valence-corrected chi connectivity index (χ0v) is 13.8. The lowest BCUT2D eigenvalue weighted by Gasteiger charge is -2.38. The van der Waals surface area contributed by atoms with Crippen molar-refractivity contribution in [2.24, 2.45) is 5.73 Å². The van der Waals surface area contributed by atoms with E-state index in [1.165, 1.54) is 25.7 Å². The molecule has 0 spiro atoms. The monoisotopic (exact) mass is 319 g/mol. The molecule has 116 valence electrons. The lowest BCUT2D eigenvalue weighted by atomic mass is 10.2. The predicted molar refractivity (Wildman–Crippen MR) is 85.2 cm³/mol. The van der Waals surface area contributed by atoms with Crippen molar-refractivity contribution < 1.29 is 8.42 Å². The SMILES string of the molecule is CCC(C(N)=S)S(=O)(=O)N1CCN(C2CCCC2)CC1. The lowest BCUT2D eigenvalue weighted by molar-refractivity contribution is 0.138. The highest BCUT2D eigenvalue weighted by molar-refractivity contribution is 7.92. The van der Waals surface area contributed by atoms with Crippen molar-refractivity contribution in [2.75, 3.05) is 26.2 Å². The summed E-state index contributed by atoms with van der Waals surface area (Å²) in [5, 5.41) is -0.712. The Morgan fingerprint density at radius 2 is 1.80 bits per heavy atom. The van der Waals surface area contributed by atoms with Crippen molar-refractivity contribution >= 4 is 27.2 Å². The van der Waals surface area contributed by atoms with Crippen LogP contribution in [0.15, 0.2) is 0 Å². The summed E-state index contributed by atoms with van der Waals surface area (Å²) in [4.78, 5) is 2.53. The average molecular weight is 319 g/mol. The van der Waals surface area contributed by atoms with E-state index in [-0.39, 0.29) is 4.99 Å². The van der Waals surface area contributed by atoms with Gasteiger partial charge in [-0.2, -0.15) is 4.31 Å². The molecule has 0 radical (unpaired) electrons. The quantitative estimate of drug-likeness (QED) is 0.764. The molecular weight excluding hydrogens is 294 g/mol. The summed E-state index contributed by atoms with van der Waals surface area (Å²) >= 11 is 4.91. The van der Waals surface area contributed by atoms with Crippen molar-refractivity contribution in [1.29, 1.82) is 0 Å². The minimum atomic E-state index is -3.38. The van der Waals surface area contributed by atoms with Crippen molar-refractivity contribution in [3.63, 3.8) is 0 Å². The van der Waals surface area contributed by atoms with Crippen LogP contribution in [-0.4, -0.2) is 60.1 Å². The van der Waals surface area contributed by atoms with E-state index in [1.54, 1.807) is 4.31 Å². The summed E-state index contributed by atoms with van der Waals surface area (Å²) in [7, 11) is -3.38. The van der Waals surface area contributed by atoms with E-state index in [0.717, 1.165) is 13.1 Å². The molecule has 1 aliphatic heterocycles. The van der Waals surface area contributed by atoms with E-state index in [9.17, 15) is 8.42 Å². The van der Waals surface area contributed by atoms with Crippen LogP contribution in [0.25, 0.3) is 0 Å². The summed E-state index contributed by atoms with van der Waals surface area (Å²) in [6.07, 6.45) is 5.58. The molecule has 0 aromatic rings. The second kappa shape index (κ2) is 6.68. The number of rotatable bonds is 5. The van der Waals surface area contributed by atoms with Crippen LogP contribution < -0.4 is 5.73 Å². The fourth-order valence-corrected chi connectivity index (χ4v) is 5.61. The molecule has 1 saturated heterocycles. The van der Waals surface area contributed by atoms with Crippen LogP contribution in [0.2, 0.25) is 0 Å². The third-order valence-corrected chi connectivity index (χ3v) is 7.35. The fraction of sp³-hybridized carbons (Fsp3) is 0.923. The Labute approximate surface area is 127 Å². The predicted octanol–water partition coefficient (Wildman–Crippen LogP) is 0.941. The molecule has 2 rings (SSSR count). The van der Waals surface area contributed by atoms with Gasteiger partial charge in [-0.3, -0.25) is 4.90 Å². The number of hydrogen-bond acceptors (Lipinski definition) is 4. The summed E-state index contributed by atoms with van der Waals surface area (Å²) < 4.78 is 26.6. The van der Waals surface area contributed by atoms with Gasteiger partial charge in [0.2, 0.25) is 10.0 Å². The van der Waals surface area contributed by atoms with E-state index >= 15 is 0 Å². The number of nitrogens with zero attached hydrogens (tertiary/aromatic N) is 2. The number of sulfonamides is 1. The van der Waals surface area contributed by atoms with Gasteiger partial charge in [0.1, 0.15) is 5.25 Å². The van der Waals surface area contributed by atoms with Gasteiger partial charge in [-0.05, 0) is 19.3 Å². The largest absolute Gasteiger partial charge is 0.392 e. The maximum Gasteiger partial charge on any atom is 0.223 e. The summed E-state index contributed by atoms with van der Waals surface area (Å²) in [5.41, 5.74) is 5.58. The standard InChI is InChI=1S/C13H25N3O2S2/c1-2-12(13(14)19)20(17,18)16-9-7-15(8-10-16)11-5-3-4-6-11/h11-12H,2-10H2,1H3,(H2,14,19). The van der Waals surface area contributed by atoms with Crippen LogP contribution in [0.4, 0.5) is 0 Å². The molecular formula is C13H25N3O2S2. The Hall–Kier alpha value is -0.240. The zero-order chi connectivity index (χ0) is 14.8. The van der Waals surface area contributed by atoms with Gasteiger partial charge in [-0.15, -0.1) is 0 Å². The summed E-state index contributed by atoms with van der Waals surface area (Å²) in [6.45, 7) is 4.61. The first kappa shape index (κ1) is 16.1. The van der Waals surface area contributed by atoms with E-state index in [0.29, 0.717) is 25.6 Å². The highest BCUT2D eigenvalue weighted by atomic mass is 32.2. The molecule has 0 aromatic carbocycles. The first-order valence-electron chi connectivity index (χ1n) is 7.49. The molecule has 1 saturated carbocycles. The molecule has 1 heterocycles. The fourth-order valence-electron chi connectivity index (χ4n) is 3.33. The van der Waals surface area contributed by atoms with Crippen molar-refractivity contribution in [3.8, 4) is 0 Å². The Morgan fingerprint density at radius 1 is 1.25 bits per heavy atom. The summed E-state index contributed by atoms with van der Waals surface area (Å²) in [6, 6.07) is 0.664. The van der Waals surface area contributed by atoms with Crippen LogP contribution >= 0.6 is 12.2 Å². The van der Waals surface area contributed by atoms with Gasteiger partial charge in [0, 0.05) is 32.2 Å². The zero-order valence-electron chi connectivity index (χ0n) is 12.1. The molecule has 0 aromatic heterocycles. The molecule has 20 heavy (non-hydrogen) atoms. The highest BCUT2D eigenvalue weighted by Crippen LogP contribution is 2.25.